The van der Waals surface area contributed by atoms with E-state index >= 15 is 0 Å². The molecule has 0 aromatic carbocycles. The van der Waals surface area contributed by atoms with Crippen LogP contribution in [0, 0.1) is 0 Å². The second-order valence-corrected chi connectivity index (χ2v) is 2.59. The summed E-state index contributed by atoms with van der Waals surface area (Å²) in [6.45, 7) is 0. The molecule has 1 aromatic rings. The predicted molar refractivity (Wildman–Crippen MR) is 41.2 cm³/mol. The molecular formula is C6H3Cl2NO2. The van der Waals surface area contributed by atoms with Gasteiger partial charge in [-0.05, 0) is 6.07 Å². The summed E-state index contributed by atoms with van der Waals surface area (Å²) >= 11 is 10.9. The van der Waals surface area contributed by atoms with Gasteiger partial charge < -0.3 is 5.11 Å². The molecule has 0 atom stereocenters. The van der Waals surface area contributed by atoms with Crippen molar-refractivity contribution in [2.24, 2.45) is 0 Å². The third kappa shape index (κ3) is 1.82. The molecule has 0 saturated heterocycles. The molecule has 0 amide bonds. The van der Waals surface area contributed by atoms with Gasteiger partial charge in [-0.2, -0.15) is 0 Å². The van der Waals surface area contributed by atoms with E-state index in [4.69, 9.17) is 28.3 Å². The second-order valence-electron chi connectivity index (χ2n) is 1.79. The van der Waals surface area contributed by atoms with E-state index in [1.54, 1.807) is 0 Å². The molecule has 0 spiro atoms. The van der Waals surface area contributed by atoms with Gasteiger partial charge in [-0.1, -0.05) is 23.2 Å². The molecule has 1 aromatic heterocycles. The van der Waals surface area contributed by atoms with E-state index in [1.165, 1.54) is 12.3 Å². The standard InChI is InChI=1S/C6H3Cl2NO2/c7-4-2-9-5(8)1-3(4)6(10)11/h1-2H,(H,10,11). The van der Waals surface area contributed by atoms with Crippen LogP contribution >= 0.6 is 23.2 Å². The lowest BCUT2D eigenvalue weighted by atomic mass is 10.3. The van der Waals surface area contributed by atoms with E-state index < -0.39 is 5.97 Å². The molecule has 58 valence electrons. The van der Waals surface area contributed by atoms with Crippen molar-refractivity contribution in [3.8, 4) is 0 Å². The smallest absolute Gasteiger partial charge is 0.337 e. The number of halogens is 2. The Labute approximate surface area is 72.6 Å². The maximum atomic E-state index is 10.4. The monoisotopic (exact) mass is 191 g/mol. The zero-order valence-corrected chi connectivity index (χ0v) is 6.73. The Morgan fingerprint density at radius 2 is 2.18 bits per heavy atom. The zero-order chi connectivity index (χ0) is 8.43. The first-order valence-corrected chi connectivity index (χ1v) is 3.41. The number of carboxylic acids is 1. The molecule has 1 rings (SSSR count). The second kappa shape index (κ2) is 3.07. The lowest BCUT2D eigenvalue weighted by Gasteiger charge is -1.96. The number of carbonyl (C=O) groups is 1. The molecule has 0 bridgehead atoms. The van der Waals surface area contributed by atoms with E-state index in [9.17, 15) is 4.79 Å². The van der Waals surface area contributed by atoms with Gasteiger partial charge >= 0.3 is 5.97 Å². The SMILES string of the molecule is O=C(O)c1cc(Cl)ncc1Cl. The molecule has 0 unspecified atom stereocenters. The minimum atomic E-state index is -1.11. The average Bonchev–Trinajstić information content (AvgIpc) is 1.94. The summed E-state index contributed by atoms with van der Waals surface area (Å²) in [5, 5.41) is 8.72. The van der Waals surface area contributed by atoms with Crippen LogP contribution in [0.5, 0.6) is 0 Å². The highest BCUT2D eigenvalue weighted by atomic mass is 35.5. The maximum absolute atomic E-state index is 10.4. The van der Waals surface area contributed by atoms with Crippen LogP contribution in [0.1, 0.15) is 10.4 Å². The van der Waals surface area contributed by atoms with Gasteiger partial charge in [0, 0.05) is 6.20 Å². The highest BCUT2D eigenvalue weighted by Crippen LogP contribution is 2.17. The summed E-state index contributed by atoms with van der Waals surface area (Å²) in [7, 11) is 0. The molecule has 0 radical (unpaired) electrons. The van der Waals surface area contributed by atoms with Crippen LogP contribution in [0.2, 0.25) is 10.2 Å². The molecule has 0 fully saturated rings. The first kappa shape index (κ1) is 8.30. The summed E-state index contributed by atoms with van der Waals surface area (Å²) in [5.74, 6) is -1.11. The Bertz CT molecular complexity index is 301. The van der Waals surface area contributed by atoms with Crippen LogP contribution in [0.25, 0.3) is 0 Å². The highest BCUT2D eigenvalue weighted by molar-refractivity contribution is 6.34. The fraction of sp³-hybridized carbons (Fsp3) is 0. The molecule has 3 nitrogen and oxygen atoms in total. The third-order valence-corrected chi connectivity index (χ3v) is 1.56. The van der Waals surface area contributed by atoms with Crippen LogP contribution in [-0.2, 0) is 0 Å². The van der Waals surface area contributed by atoms with Gasteiger partial charge in [0.05, 0.1) is 10.6 Å². The Balaban J connectivity index is 3.23. The van der Waals surface area contributed by atoms with E-state index in [0.717, 1.165) is 0 Å². The number of aromatic nitrogens is 1. The predicted octanol–water partition coefficient (Wildman–Crippen LogP) is 2.09. The van der Waals surface area contributed by atoms with Gasteiger partial charge in [0.1, 0.15) is 5.15 Å². The van der Waals surface area contributed by atoms with Crippen molar-refractivity contribution < 1.29 is 9.90 Å². The van der Waals surface area contributed by atoms with Crippen molar-refractivity contribution >= 4 is 29.2 Å². The Morgan fingerprint density at radius 1 is 1.55 bits per heavy atom. The van der Waals surface area contributed by atoms with Gasteiger partial charge in [-0.3, -0.25) is 0 Å². The largest absolute Gasteiger partial charge is 0.478 e. The number of hydrogen-bond acceptors (Lipinski definition) is 2. The number of hydrogen-bond donors (Lipinski definition) is 1. The summed E-state index contributed by atoms with van der Waals surface area (Å²) in [6, 6.07) is 1.20. The lowest BCUT2D eigenvalue weighted by molar-refractivity contribution is 0.0697. The van der Waals surface area contributed by atoms with E-state index in [0.29, 0.717) is 0 Å². The van der Waals surface area contributed by atoms with E-state index in [1.807, 2.05) is 0 Å². The quantitative estimate of drug-likeness (QED) is 0.693. The molecule has 1 heterocycles. The summed E-state index contributed by atoms with van der Waals surface area (Å²) < 4.78 is 0. The number of nitrogens with zero attached hydrogens (tertiary/aromatic N) is 1. The van der Waals surface area contributed by atoms with Gasteiger partial charge in [0.15, 0.2) is 0 Å². The van der Waals surface area contributed by atoms with Crippen LogP contribution in [-0.4, -0.2) is 16.1 Å². The molecular weight excluding hydrogens is 189 g/mol. The molecule has 0 aliphatic heterocycles. The minimum Gasteiger partial charge on any atom is -0.478 e. The Kier molecular flexibility index (Phi) is 2.31. The van der Waals surface area contributed by atoms with E-state index in [-0.39, 0.29) is 15.7 Å². The average molecular weight is 192 g/mol. The van der Waals surface area contributed by atoms with Crippen molar-refractivity contribution in [3.05, 3.63) is 28.0 Å². The Hall–Kier alpha value is -0.800. The van der Waals surface area contributed by atoms with Crippen molar-refractivity contribution in [3.63, 3.8) is 0 Å². The molecule has 0 aliphatic carbocycles. The van der Waals surface area contributed by atoms with Crippen molar-refractivity contribution in [2.75, 3.05) is 0 Å². The van der Waals surface area contributed by atoms with Crippen LogP contribution in [0.15, 0.2) is 12.3 Å². The maximum Gasteiger partial charge on any atom is 0.337 e. The number of rotatable bonds is 1. The van der Waals surface area contributed by atoms with Crippen LogP contribution < -0.4 is 0 Å². The topological polar surface area (TPSA) is 50.2 Å². The van der Waals surface area contributed by atoms with Crippen molar-refractivity contribution in [1.29, 1.82) is 0 Å². The normalized spacial score (nSPS) is 9.64. The van der Waals surface area contributed by atoms with Crippen LogP contribution in [0.4, 0.5) is 0 Å². The molecule has 11 heavy (non-hydrogen) atoms. The van der Waals surface area contributed by atoms with Crippen molar-refractivity contribution in [2.45, 2.75) is 0 Å². The minimum absolute atomic E-state index is 0.0355. The molecule has 0 aliphatic rings. The zero-order valence-electron chi connectivity index (χ0n) is 5.21. The number of carboxylic acid groups (broad SMARTS) is 1. The van der Waals surface area contributed by atoms with Crippen molar-refractivity contribution in [1.82, 2.24) is 4.98 Å². The summed E-state index contributed by atoms with van der Waals surface area (Å²) in [4.78, 5) is 14.0. The van der Waals surface area contributed by atoms with Gasteiger partial charge in [0.25, 0.3) is 0 Å². The Morgan fingerprint density at radius 3 is 2.64 bits per heavy atom. The highest BCUT2D eigenvalue weighted by Gasteiger charge is 2.08. The molecule has 1 N–H and O–H groups in total. The summed E-state index contributed by atoms with van der Waals surface area (Å²) in [6.07, 6.45) is 1.20. The molecule has 0 saturated carbocycles. The van der Waals surface area contributed by atoms with Crippen LogP contribution in [0.3, 0.4) is 0 Å². The first-order chi connectivity index (χ1) is 5.11. The fourth-order valence-electron chi connectivity index (χ4n) is 0.577. The van der Waals surface area contributed by atoms with Gasteiger partial charge in [-0.15, -0.1) is 0 Å². The lowest BCUT2D eigenvalue weighted by Crippen LogP contribution is -1.97. The first-order valence-electron chi connectivity index (χ1n) is 2.65. The van der Waals surface area contributed by atoms with Gasteiger partial charge in [0.2, 0.25) is 0 Å². The van der Waals surface area contributed by atoms with E-state index in [2.05, 4.69) is 4.98 Å². The number of pyridine rings is 1. The molecule has 5 heteroatoms. The number of aromatic carboxylic acids is 1. The third-order valence-electron chi connectivity index (χ3n) is 1.05. The van der Waals surface area contributed by atoms with Gasteiger partial charge in [-0.25, -0.2) is 9.78 Å². The summed E-state index contributed by atoms with van der Waals surface area (Å²) in [5.41, 5.74) is -0.0355. The fourth-order valence-corrected chi connectivity index (χ4v) is 0.919.